The second kappa shape index (κ2) is 10.2. The molecule has 30 heavy (non-hydrogen) atoms. The van der Waals surface area contributed by atoms with Crippen LogP contribution in [-0.2, 0) is 4.79 Å². The Labute approximate surface area is 189 Å². The van der Waals surface area contributed by atoms with Crippen LogP contribution in [0.2, 0.25) is 15.1 Å². The van der Waals surface area contributed by atoms with Gasteiger partial charge in [-0.05, 0) is 66.2 Å². The fourth-order valence-electron chi connectivity index (χ4n) is 2.60. The first kappa shape index (κ1) is 21.7. The van der Waals surface area contributed by atoms with Crippen LogP contribution in [0.1, 0.15) is 11.1 Å². The SMILES string of the molecule is N#C/C(=C\c1cc(Cl)ccc1OCC(=O)Nc1ccc(Cl)cc1)c1ccc(Cl)cc1. The molecular weight excluding hydrogens is 443 g/mol. The van der Waals surface area contributed by atoms with Crippen molar-refractivity contribution in [1.29, 1.82) is 5.26 Å². The van der Waals surface area contributed by atoms with E-state index in [1.165, 1.54) is 0 Å². The highest BCUT2D eigenvalue weighted by Crippen LogP contribution is 2.28. The molecule has 0 spiro atoms. The number of amides is 1. The molecule has 0 radical (unpaired) electrons. The first-order valence-electron chi connectivity index (χ1n) is 8.80. The Balaban J connectivity index is 1.77. The van der Waals surface area contributed by atoms with E-state index in [0.717, 1.165) is 0 Å². The summed E-state index contributed by atoms with van der Waals surface area (Å²) in [7, 11) is 0. The fourth-order valence-corrected chi connectivity index (χ4v) is 3.03. The number of allylic oxidation sites excluding steroid dienone is 1. The summed E-state index contributed by atoms with van der Waals surface area (Å²) < 4.78 is 5.68. The minimum atomic E-state index is -0.333. The molecule has 7 heteroatoms. The van der Waals surface area contributed by atoms with Crippen molar-refractivity contribution in [3.8, 4) is 11.8 Å². The molecule has 0 aliphatic carbocycles. The van der Waals surface area contributed by atoms with Gasteiger partial charge in [0.25, 0.3) is 5.91 Å². The van der Waals surface area contributed by atoms with Crippen molar-refractivity contribution in [3.63, 3.8) is 0 Å². The number of hydrogen-bond donors (Lipinski definition) is 1. The van der Waals surface area contributed by atoms with E-state index in [9.17, 15) is 10.1 Å². The van der Waals surface area contributed by atoms with Gasteiger partial charge in [0, 0.05) is 26.3 Å². The van der Waals surface area contributed by atoms with Gasteiger partial charge >= 0.3 is 0 Å². The molecule has 0 unspecified atom stereocenters. The summed E-state index contributed by atoms with van der Waals surface area (Å²) in [6.45, 7) is -0.214. The number of rotatable bonds is 6. The Morgan fingerprint density at radius 1 is 0.933 bits per heavy atom. The van der Waals surface area contributed by atoms with Crippen LogP contribution >= 0.6 is 34.8 Å². The predicted molar refractivity (Wildman–Crippen MR) is 122 cm³/mol. The minimum Gasteiger partial charge on any atom is -0.483 e. The summed E-state index contributed by atoms with van der Waals surface area (Å²) in [5, 5.41) is 13.9. The zero-order chi connectivity index (χ0) is 21.5. The monoisotopic (exact) mass is 456 g/mol. The average Bonchev–Trinajstić information content (AvgIpc) is 2.74. The van der Waals surface area contributed by atoms with Crippen LogP contribution in [0.5, 0.6) is 5.75 Å². The molecule has 0 atom stereocenters. The molecule has 1 N–H and O–H groups in total. The van der Waals surface area contributed by atoms with Gasteiger partial charge in [-0.2, -0.15) is 5.26 Å². The molecule has 3 rings (SSSR count). The third-order valence-electron chi connectivity index (χ3n) is 4.03. The normalized spacial score (nSPS) is 10.9. The van der Waals surface area contributed by atoms with Gasteiger partial charge in [0.2, 0.25) is 0 Å². The predicted octanol–water partition coefficient (Wildman–Crippen LogP) is 6.73. The zero-order valence-corrected chi connectivity index (χ0v) is 17.8. The van der Waals surface area contributed by atoms with E-state index < -0.39 is 0 Å². The van der Waals surface area contributed by atoms with Crippen molar-refractivity contribution in [3.05, 3.63) is 92.9 Å². The Morgan fingerprint density at radius 3 is 2.17 bits per heavy atom. The molecule has 3 aromatic rings. The molecule has 0 fully saturated rings. The Hall–Kier alpha value is -2.97. The van der Waals surface area contributed by atoms with Crippen LogP contribution in [0.15, 0.2) is 66.7 Å². The van der Waals surface area contributed by atoms with Gasteiger partial charge in [-0.3, -0.25) is 4.79 Å². The lowest BCUT2D eigenvalue weighted by Gasteiger charge is -2.11. The molecule has 0 saturated heterocycles. The lowest BCUT2D eigenvalue weighted by Crippen LogP contribution is -2.20. The van der Waals surface area contributed by atoms with Gasteiger partial charge in [-0.15, -0.1) is 0 Å². The summed E-state index contributed by atoms with van der Waals surface area (Å²) in [6.07, 6.45) is 1.65. The van der Waals surface area contributed by atoms with E-state index in [1.807, 2.05) is 0 Å². The zero-order valence-electron chi connectivity index (χ0n) is 15.5. The third-order valence-corrected chi connectivity index (χ3v) is 4.77. The standard InChI is InChI=1S/C23H15Cl3N2O2/c24-18-3-1-15(2-4-18)17(13-27)11-16-12-20(26)7-10-22(16)30-14-23(29)28-21-8-5-19(25)6-9-21/h1-12H,14H2,(H,28,29)/b17-11+. The number of ether oxygens (including phenoxy) is 1. The number of nitriles is 1. The Bertz CT molecular complexity index is 1120. The third kappa shape index (κ3) is 6.01. The van der Waals surface area contributed by atoms with Crippen LogP contribution < -0.4 is 10.1 Å². The lowest BCUT2D eigenvalue weighted by atomic mass is 10.0. The van der Waals surface area contributed by atoms with Crippen molar-refractivity contribution in [2.75, 3.05) is 11.9 Å². The van der Waals surface area contributed by atoms with E-state index in [1.54, 1.807) is 72.8 Å². The van der Waals surface area contributed by atoms with Gasteiger partial charge in [0.15, 0.2) is 6.61 Å². The van der Waals surface area contributed by atoms with E-state index in [-0.39, 0.29) is 12.5 Å². The Kier molecular flexibility index (Phi) is 7.37. The van der Waals surface area contributed by atoms with Gasteiger partial charge in [-0.25, -0.2) is 0 Å². The Morgan fingerprint density at radius 2 is 1.53 bits per heavy atom. The molecule has 150 valence electrons. The average molecular weight is 458 g/mol. The van der Waals surface area contributed by atoms with Crippen molar-refractivity contribution in [2.45, 2.75) is 0 Å². The van der Waals surface area contributed by atoms with Gasteiger partial charge in [-0.1, -0.05) is 46.9 Å². The van der Waals surface area contributed by atoms with Crippen LogP contribution in [0.3, 0.4) is 0 Å². The second-order valence-corrected chi connectivity index (χ2v) is 7.51. The maximum Gasteiger partial charge on any atom is 0.262 e. The summed E-state index contributed by atoms with van der Waals surface area (Å²) >= 11 is 17.9. The molecular formula is C23H15Cl3N2O2. The van der Waals surface area contributed by atoms with Crippen molar-refractivity contribution < 1.29 is 9.53 Å². The topological polar surface area (TPSA) is 62.1 Å². The molecule has 0 bridgehead atoms. The number of halogens is 3. The number of nitrogens with one attached hydrogen (secondary N) is 1. The molecule has 0 aromatic heterocycles. The largest absolute Gasteiger partial charge is 0.483 e. The van der Waals surface area contributed by atoms with E-state index in [4.69, 9.17) is 39.5 Å². The first-order valence-corrected chi connectivity index (χ1v) is 9.93. The lowest BCUT2D eigenvalue weighted by molar-refractivity contribution is -0.118. The summed E-state index contributed by atoms with van der Waals surface area (Å²) in [6, 6.07) is 20.8. The number of nitrogens with zero attached hydrogens (tertiary/aromatic N) is 1. The van der Waals surface area contributed by atoms with Gasteiger partial charge in [0.05, 0.1) is 11.6 Å². The van der Waals surface area contributed by atoms with Gasteiger partial charge in [0.1, 0.15) is 5.75 Å². The fraction of sp³-hybridized carbons (Fsp3) is 0.0435. The van der Waals surface area contributed by atoms with Crippen LogP contribution in [0, 0.1) is 11.3 Å². The van der Waals surface area contributed by atoms with E-state index in [0.29, 0.717) is 43.2 Å². The first-order chi connectivity index (χ1) is 14.4. The highest BCUT2D eigenvalue weighted by atomic mass is 35.5. The molecule has 4 nitrogen and oxygen atoms in total. The quantitative estimate of drug-likeness (QED) is 0.330. The molecule has 0 heterocycles. The number of anilines is 1. The minimum absolute atomic E-state index is 0.214. The molecule has 0 aliphatic rings. The van der Waals surface area contributed by atoms with Crippen molar-refractivity contribution >= 4 is 58.0 Å². The molecule has 0 aliphatic heterocycles. The summed E-state index contributed by atoms with van der Waals surface area (Å²) in [5.41, 5.74) is 2.30. The highest BCUT2D eigenvalue weighted by molar-refractivity contribution is 6.31. The maximum atomic E-state index is 12.2. The molecule has 0 saturated carbocycles. The smallest absolute Gasteiger partial charge is 0.262 e. The molecule has 1 amide bonds. The number of hydrogen-bond acceptors (Lipinski definition) is 3. The summed E-state index contributed by atoms with van der Waals surface area (Å²) in [5.74, 6) is 0.0905. The number of carbonyl (C=O) groups is 1. The van der Waals surface area contributed by atoms with Crippen molar-refractivity contribution in [1.82, 2.24) is 0 Å². The second-order valence-electron chi connectivity index (χ2n) is 6.20. The van der Waals surface area contributed by atoms with Crippen LogP contribution in [-0.4, -0.2) is 12.5 Å². The summed E-state index contributed by atoms with van der Waals surface area (Å²) in [4.78, 5) is 12.2. The van der Waals surface area contributed by atoms with E-state index >= 15 is 0 Å². The van der Waals surface area contributed by atoms with Crippen LogP contribution in [0.4, 0.5) is 5.69 Å². The number of benzene rings is 3. The van der Waals surface area contributed by atoms with E-state index in [2.05, 4.69) is 11.4 Å². The van der Waals surface area contributed by atoms with Crippen molar-refractivity contribution in [2.24, 2.45) is 0 Å². The highest BCUT2D eigenvalue weighted by Gasteiger charge is 2.09. The number of carbonyl (C=O) groups excluding carboxylic acids is 1. The maximum absolute atomic E-state index is 12.2. The molecule has 3 aromatic carbocycles. The van der Waals surface area contributed by atoms with Gasteiger partial charge < -0.3 is 10.1 Å². The van der Waals surface area contributed by atoms with Crippen LogP contribution in [0.25, 0.3) is 11.6 Å².